The Balaban J connectivity index is 2.28. The third-order valence-electron chi connectivity index (χ3n) is 3.55. The van der Waals surface area contributed by atoms with Crippen molar-refractivity contribution in [3.63, 3.8) is 0 Å². The number of hydrogen-bond acceptors (Lipinski definition) is 3. The van der Waals surface area contributed by atoms with Gasteiger partial charge < -0.3 is 10.5 Å². The van der Waals surface area contributed by atoms with Crippen molar-refractivity contribution in [2.45, 2.75) is 57.6 Å². The largest absolute Gasteiger partial charge is 0.475 e. The van der Waals surface area contributed by atoms with E-state index < -0.39 is 0 Å². The summed E-state index contributed by atoms with van der Waals surface area (Å²) in [5, 5.41) is 0. The van der Waals surface area contributed by atoms with Gasteiger partial charge in [-0.1, -0.05) is 6.07 Å². The minimum absolute atomic E-state index is 0.0450. The van der Waals surface area contributed by atoms with Crippen molar-refractivity contribution in [2.75, 3.05) is 0 Å². The summed E-state index contributed by atoms with van der Waals surface area (Å²) in [4.78, 5) is 4.61. The van der Waals surface area contributed by atoms with Gasteiger partial charge in [-0.15, -0.1) is 0 Å². The van der Waals surface area contributed by atoms with Crippen LogP contribution in [0.25, 0.3) is 0 Å². The van der Waals surface area contributed by atoms with Crippen molar-refractivity contribution in [3.05, 3.63) is 23.9 Å². The first-order valence-corrected chi connectivity index (χ1v) is 6.28. The standard InChI is InChI=1S/C14H22N2O/c1-10(2)17-12-7-5-6-11(16-12)14(8-9-14)13(3,4)15/h5-7,10H,8-9,15H2,1-4H3. The molecule has 1 heterocycles. The fourth-order valence-electron chi connectivity index (χ4n) is 2.34. The van der Waals surface area contributed by atoms with Gasteiger partial charge in [-0.2, -0.15) is 0 Å². The average Bonchev–Trinajstić information content (AvgIpc) is 2.96. The summed E-state index contributed by atoms with van der Waals surface area (Å²) >= 11 is 0. The molecular formula is C14H22N2O. The molecule has 0 aromatic carbocycles. The molecule has 2 N–H and O–H groups in total. The number of rotatable bonds is 4. The van der Waals surface area contributed by atoms with Gasteiger partial charge >= 0.3 is 0 Å². The lowest BCUT2D eigenvalue weighted by Gasteiger charge is -2.30. The maximum absolute atomic E-state index is 6.28. The van der Waals surface area contributed by atoms with Gasteiger partial charge in [-0.25, -0.2) is 4.98 Å². The Hall–Kier alpha value is -1.09. The van der Waals surface area contributed by atoms with Crippen LogP contribution in [0.5, 0.6) is 5.88 Å². The lowest BCUT2D eigenvalue weighted by Crippen LogP contribution is -2.45. The molecule has 0 amide bonds. The fourth-order valence-corrected chi connectivity index (χ4v) is 2.34. The molecule has 0 saturated heterocycles. The molecule has 1 saturated carbocycles. The van der Waals surface area contributed by atoms with E-state index in [-0.39, 0.29) is 17.1 Å². The average molecular weight is 234 g/mol. The Kier molecular flexibility index (Phi) is 2.90. The molecule has 0 spiro atoms. The molecule has 1 aliphatic carbocycles. The maximum Gasteiger partial charge on any atom is 0.213 e. The van der Waals surface area contributed by atoms with E-state index in [1.807, 2.05) is 26.0 Å². The van der Waals surface area contributed by atoms with Crippen LogP contribution in [0.4, 0.5) is 0 Å². The molecule has 0 radical (unpaired) electrons. The number of nitrogens with two attached hydrogens (primary N) is 1. The Morgan fingerprint density at radius 3 is 2.47 bits per heavy atom. The van der Waals surface area contributed by atoms with E-state index in [1.54, 1.807) is 0 Å². The van der Waals surface area contributed by atoms with Crippen molar-refractivity contribution in [3.8, 4) is 5.88 Å². The van der Waals surface area contributed by atoms with E-state index in [9.17, 15) is 0 Å². The molecule has 0 unspecified atom stereocenters. The highest BCUT2D eigenvalue weighted by Gasteiger charge is 2.54. The van der Waals surface area contributed by atoms with Gasteiger partial charge in [0.25, 0.3) is 0 Å². The molecule has 0 bridgehead atoms. The highest BCUT2D eigenvalue weighted by atomic mass is 16.5. The van der Waals surface area contributed by atoms with Crippen LogP contribution >= 0.6 is 0 Å². The van der Waals surface area contributed by atoms with Crippen molar-refractivity contribution in [2.24, 2.45) is 5.73 Å². The second-order valence-corrected chi connectivity index (χ2v) is 5.83. The van der Waals surface area contributed by atoms with Crippen LogP contribution in [-0.2, 0) is 5.41 Å². The van der Waals surface area contributed by atoms with E-state index in [1.165, 1.54) is 0 Å². The predicted octanol–water partition coefficient (Wildman–Crippen LogP) is 2.64. The van der Waals surface area contributed by atoms with E-state index in [2.05, 4.69) is 24.9 Å². The zero-order valence-electron chi connectivity index (χ0n) is 11.2. The Labute approximate surface area is 103 Å². The summed E-state index contributed by atoms with van der Waals surface area (Å²) in [6.07, 6.45) is 2.39. The molecule has 1 aliphatic rings. The highest BCUT2D eigenvalue weighted by Crippen LogP contribution is 2.54. The monoisotopic (exact) mass is 234 g/mol. The number of aromatic nitrogens is 1. The van der Waals surface area contributed by atoms with E-state index >= 15 is 0 Å². The van der Waals surface area contributed by atoms with E-state index in [0.717, 1.165) is 18.5 Å². The Morgan fingerprint density at radius 2 is 2.00 bits per heavy atom. The van der Waals surface area contributed by atoms with Crippen LogP contribution in [0.1, 0.15) is 46.2 Å². The van der Waals surface area contributed by atoms with Crippen LogP contribution in [0.15, 0.2) is 18.2 Å². The number of hydrogen-bond donors (Lipinski definition) is 1. The molecule has 17 heavy (non-hydrogen) atoms. The fraction of sp³-hybridized carbons (Fsp3) is 0.643. The molecule has 3 nitrogen and oxygen atoms in total. The molecule has 2 rings (SSSR count). The number of nitrogens with zero attached hydrogens (tertiary/aromatic N) is 1. The van der Waals surface area contributed by atoms with Gasteiger partial charge in [0.15, 0.2) is 0 Å². The number of ether oxygens (including phenoxy) is 1. The molecule has 1 fully saturated rings. The van der Waals surface area contributed by atoms with Gasteiger partial charge in [-0.05, 0) is 46.6 Å². The summed E-state index contributed by atoms with van der Waals surface area (Å²) in [5.41, 5.74) is 7.17. The minimum Gasteiger partial charge on any atom is -0.475 e. The third kappa shape index (κ3) is 2.29. The van der Waals surface area contributed by atoms with Gasteiger partial charge in [0.2, 0.25) is 5.88 Å². The molecule has 1 aromatic rings. The Bertz CT molecular complexity index is 403. The highest BCUT2D eigenvalue weighted by molar-refractivity contribution is 5.33. The third-order valence-corrected chi connectivity index (χ3v) is 3.55. The predicted molar refractivity (Wildman–Crippen MR) is 69.2 cm³/mol. The van der Waals surface area contributed by atoms with Crippen LogP contribution in [0.2, 0.25) is 0 Å². The van der Waals surface area contributed by atoms with Crippen LogP contribution < -0.4 is 10.5 Å². The first-order valence-electron chi connectivity index (χ1n) is 6.28. The molecule has 1 aromatic heterocycles. The maximum atomic E-state index is 6.28. The normalized spacial score (nSPS) is 18.2. The molecular weight excluding hydrogens is 212 g/mol. The minimum atomic E-state index is -0.226. The van der Waals surface area contributed by atoms with Crippen LogP contribution in [0, 0.1) is 0 Å². The smallest absolute Gasteiger partial charge is 0.213 e. The summed E-state index contributed by atoms with van der Waals surface area (Å²) in [6.45, 7) is 8.18. The van der Waals surface area contributed by atoms with Crippen molar-refractivity contribution < 1.29 is 4.74 Å². The SMILES string of the molecule is CC(C)Oc1cccc(C2(C(C)(C)N)CC2)n1. The lowest BCUT2D eigenvalue weighted by molar-refractivity contribution is 0.230. The van der Waals surface area contributed by atoms with Crippen LogP contribution in [-0.4, -0.2) is 16.6 Å². The van der Waals surface area contributed by atoms with Crippen molar-refractivity contribution in [1.29, 1.82) is 0 Å². The zero-order chi connectivity index (χ0) is 12.7. The first-order chi connectivity index (χ1) is 7.85. The van der Waals surface area contributed by atoms with Crippen molar-refractivity contribution in [1.82, 2.24) is 4.98 Å². The van der Waals surface area contributed by atoms with Gasteiger partial charge in [0.05, 0.1) is 11.8 Å². The number of pyridine rings is 1. The van der Waals surface area contributed by atoms with E-state index in [0.29, 0.717) is 5.88 Å². The quantitative estimate of drug-likeness (QED) is 0.871. The lowest BCUT2D eigenvalue weighted by atomic mass is 9.82. The van der Waals surface area contributed by atoms with Gasteiger partial charge in [0, 0.05) is 17.0 Å². The molecule has 0 atom stereocenters. The topological polar surface area (TPSA) is 48.1 Å². The van der Waals surface area contributed by atoms with E-state index in [4.69, 9.17) is 10.5 Å². The van der Waals surface area contributed by atoms with Gasteiger partial charge in [0.1, 0.15) is 0 Å². The first kappa shape index (κ1) is 12.4. The zero-order valence-corrected chi connectivity index (χ0v) is 11.2. The molecule has 3 heteroatoms. The molecule has 0 aliphatic heterocycles. The van der Waals surface area contributed by atoms with Crippen LogP contribution in [0.3, 0.4) is 0 Å². The summed E-state index contributed by atoms with van der Waals surface area (Å²) < 4.78 is 5.64. The second kappa shape index (κ2) is 3.98. The van der Waals surface area contributed by atoms with Crippen molar-refractivity contribution >= 4 is 0 Å². The summed E-state index contributed by atoms with van der Waals surface area (Å²) in [5.74, 6) is 0.702. The Morgan fingerprint density at radius 1 is 1.35 bits per heavy atom. The van der Waals surface area contributed by atoms with Gasteiger partial charge in [-0.3, -0.25) is 0 Å². The summed E-state index contributed by atoms with van der Waals surface area (Å²) in [6, 6.07) is 5.98. The second-order valence-electron chi connectivity index (χ2n) is 5.83. The molecule has 94 valence electrons. The summed E-state index contributed by atoms with van der Waals surface area (Å²) in [7, 11) is 0.